The quantitative estimate of drug-likeness (QED) is 0.783. The maximum atomic E-state index is 12.3. The van der Waals surface area contributed by atoms with Crippen LogP contribution in [0.5, 0.6) is 0 Å². The molecule has 2 aromatic rings. The molecule has 2 heterocycles. The van der Waals surface area contributed by atoms with Crippen molar-refractivity contribution in [3.63, 3.8) is 0 Å². The first kappa shape index (κ1) is 18.3. The molecule has 2 amide bonds. The fraction of sp³-hybridized carbons (Fsp3) is 0.444. The topological polar surface area (TPSA) is 93.2 Å². The van der Waals surface area contributed by atoms with E-state index >= 15 is 0 Å². The first-order chi connectivity index (χ1) is 12.6. The third-order valence-electron chi connectivity index (χ3n) is 4.38. The number of amides is 2. The Morgan fingerprint density at radius 3 is 2.81 bits per heavy atom. The van der Waals surface area contributed by atoms with Gasteiger partial charge in [-0.05, 0) is 44.4 Å². The monoisotopic (exact) mass is 374 g/mol. The van der Waals surface area contributed by atoms with Crippen molar-refractivity contribution >= 4 is 28.5 Å². The fourth-order valence-corrected chi connectivity index (χ4v) is 4.15. The van der Waals surface area contributed by atoms with Gasteiger partial charge in [0, 0.05) is 18.4 Å². The Bertz CT molecular complexity index is 778. The summed E-state index contributed by atoms with van der Waals surface area (Å²) in [4.78, 5) is 33.8. The van der Waals surface area contributed by atoms with Gasteiger partial charge in [0.05, 0.1) is 23.1 Å². The lowest BCUT2D eigenvalue weighted by Gasteiger charge is -2.19. The van der Waals surface area contributed by atoms with Gasteiger partial charge in [-0.3, -0.25) is 15.1 Å². The summed E-state index contributed by atoms with van der Waals surface area (Å²) in [6, 6.07) is 3.27. The van der Waals surface area contributed by atoms with E-state index in [0.29, 0.717) is 11.7 Å². The van der Waals surface area contributed by atoms with Crippen molar-refractivity contribution in [2.75, 3.05) is 11.9 Å². The van der Waals surface area contributed by atoms with Crippen LogP contribution in [-0.4, -0.2) is 34.6 Å². The molecule has 8 heteroatoms. The number of hydrogen-bond acceptors (Lipinski definition) is 6. The van der Waals surface area contributed by atoms with Crippen LogP contribution in [0.2, 0.25) is 0 Å². The van der Waals surface area contributed by atoms with Gasteiger partial charge < -0.3 is 10.1 Å². The number of carbonyl (C=O) groups excluding carboxylic acids is 2. The highest BCUT2D eigenvalue weighted by molar-refractivity contribution is 7.19. The van der Waals surface area contributed by atoms with Crippen LogP contribution in [0.1, 0.15) is 31.9 Å². The summed E-state index contributed by atoms with van der Waals surface area (Å²) in [5, 5.41) is 6.20. The van der Waals surface area contributed by atoms with Gasteiger partial charge >= 0.3 is 12.0 Å². The number of anilines is 1. The van der Waals surface area contributed by atoms with Crippen molar-refractivity contribution < 1.29 is 14.3 Å². The van der Waals surface area contributed by atoms with Crippen LogP contribution < -0.4 is 10.6 Å². The number of pyridine rings is 1. The van der Waals surface area contributed by atoms with E-state index in [0.717, 1.165) is 35.4 Å². The van der Waals surface area contributed by atoms with Gasteiger partial charge in [-0.15, -0.1) is 0 Å². The maximum absolute atomic E-state index is 12.3. The molecule has 0 spiro atoms. The number of hydrogen-bond donors (Lipinski definition) is 2. The smallest absolute Gasteiger partial charge is 0.321 e. The Balaban J connectivity index is 1.63. The second kappa shape index (κ2) is 8.27. The van der Waals surface area contributed by atoms with Crippen molar-refractivity contribution in [3.8, 4) is 10.4 Å². The summed E-state index contributed by atoms with van der Waals surface area (Å²) in [5.41, 5.74) is 1.86. The summed E-state index contributed by atoms with van der Waals surface area (Å²) in [6.07, 6.45) is 5.87. The molecule has 2 atom stereocenters. The summed E-state index contributed by atoms with van der Waals surface area (Å²) in [5.74, 6) is -0.508. The molecular weight excluding hydrogens is 352 g/mol. The first-order valence-electron chi connectivity index (χ1n) is 8.70. The molecule has 7 nitrogen and oxygen atoms in total. The molecule has 1 aliphatic carbocycles. The molecule has 1 fully saturated rings. The summed E-state index contributed by atoms with van der Waals surface area (Å²) in [7, 11) is 0. The molecule has 2 N–H and O–H groups in total. The summed E-state index contributed by atoms with van der Waals surface area (Å²) < 4.78 is 5.10. The van der Waals surface area contributed by atoms with Crippen LogP contribution in [0.15, 0.2) is 24.5 Å². The zero-order valence-corrected chi connectivity index (χ0v) is 15.6. The van der Waals surface area contributed by atoms with Gasteiger partial charge in [-0.1, -0.05) is 17.8 Å². The van der Waals surface area contributed by atoms with Crippen molar-refractivity contribution in [1.29, 1.82) is 0 Å². The number of nitrogens with zero attached hydrogens (tertiary/aromatic N) is 2. The van der Waals surface area contributed by atoms with Crippen molar-refractivity contribution in [1.82, 2.24) is 15.3 Å². The number of aryl methyl sites for hydroxylation is 1. The highest BCUT2D eigenvalue weighted by Crippen LogP contribution is 2.32. The van der Waals surface area contributed by atoms with Gasteiger partial charge in [0.25, 0.3) is 0 Å². The minimum Gasteiger partial charge on any atom is -0.466 e. The fourth-order valence-electron chi connectivity index (χ4n) is 3.19. The molecule has 138 valence electrons. The molecule has 0 unspecified atom stereocenters. The summed E-state index contributed by atoms with van der Waals surface area (Å²) >= 11 is 1.41. The van der Waals surface area contributed by atoms with Crippen LogP contribution in [0.3, 0.4) is 0 Å². The number of esters is 1. The zero-order valence-electron chi connectivity index (χ0n) is 14.8. The first-order valence-corrected chi connectivity index (χ1v) is 9.52. The standard InChI is InChI=1S/C18H22N4O3S/c1-3-25-16(23)13-5-4-6-14(13)21-17(24)22-18-20-11(2)15(26-18)12-7-9-19-10-8-12/h7-10,13-14H,3-6H2,1-2H3,(H2,20,21,22,24)/t13-,14+/m0/s1. The van der Waals surface area contributed by atoms with Gasteiger partial charge in [-0.2, -0.15) is 0 Å². The second-order valence-electron chi connectivity index (χ2n) is 6.16. The molecule has 0 bridgehead atoms. The van der Waals surface area contributed by atoms with Crippen molar-refractivity contribution in [2.24, 2.45) is 5.92 Å². The third kappa shape index (κ3) is 4.19. The van der Waals surface area contributed by atoms with E-state index in [4.69, 9.17) is 4.74 Å². The van der Waals surface area contributed by atoms with Gasteiger partial charge in [0.2, 0.25) is 0 Å². The third-order valence-corrected chi connectivity index (χ3v) is 5.50. The maximum Gasteiger partial charge on any atom is 0.321 e. The molecule has 26 heavy (non-hydrogen) atoms. The SMILES string of the molecule is CCOC(=O)[C@H]1CCC[C@H]1NC(=O)Nc1nc(C)c(-c2ccncc2)s1. The average molecular weight is 374 g/mol. The van der Waals surface area contributed by atoms with E-state index in [1.54, 1.807) is 19.3 Å². The molecule has 0 radical (unpaired) electrons. The Morgan fingerprint density at radius 2 is 2.08 bits per heavy atom. The average Bonchev–Trinajstić information content (AvgIpc) is 3.22. The lowest BCUT2D eigenvalue weighted by atomic mass is 10.0. The Kier molecular flexibility index (Phi) is 5.82. The van der Waals surface area contributed by atoms with Gasteiger partial charge in [0.1, 0.15) is 0 Å². The van der Waals surface area contributed by atoms with Crippen LogP contribution in [-0.2, 0) is 9.53 Å². The number of urea groups is 1. The normalized spacial score (nSPS) is 19.2. The van der Waals surface area contributed by atoms with Crippen LogP contribution in [0.25, 0.3) is 10.4 Å². The molecule has 1 aliphatic rings. The van der Waals surface area contributed by atoms with Crippen LogP contribution in [0, 0.1) is 12.8 Å². The Hall–Kier alpha value is -2.48. The highest BCUT2D eigenvalue weighted by Gasteiger charge is 2.35. The number of thiazole rings is 1. The molecular formula is C18H22N4O3S. The zero-order chi connectivity index (χ0) is 18.5. The number of ether oxygens (including phenoxy) is 1. The predicted molar refractivity (Wildman–Crippen MR) is 100.0 cm³/mol. The molecule has 0 saturated heterocycles. The second-order valence-corrected chi connectivity index (χ2v) is 7.16. The summed E-state index contributed by atoms with van der Waals surface area (Å²) in [6.45, 7) is 4.04. The number of carbonyl (C=O) groups is 2. The van der Waals surface area contributed by atoms with Crippen molar-refractivity contribution in [3.05, 3.63) is 30.2 Å². The molecule has 2 aromatic heterocycles. The molecule has 0 aliphatic heterocycles. The number of aromatic nitrogens is 2. The Morgan fingerprint density at radius 1 is 1.31 bits per heavy atom. The number of rotatable bonds is 5. The van der Waals surface area contributed by atoms with Crippen LogP contribution >= 0.6 is 11.3 Å². The van der Waals surface area contributed by atoms with Crippen LogP contribution in [0.4, 0.5) is 9.93 Å². The lowest BCUT2D eigenvalue weighted by molar-refractivity contribution is -0.148. The number of nitrogens with one attached hydrogen (secondary N) is 2. The minimum atomic E-state index is -0.346. The van der Waals surface area contributed by atoms with E-state index in [2.05, 4.69) is 20.6 Å². The largest absolute Gasteiger partial charge is 0.466 e. The van der Waals surface area contributed by atoms with E-state index in [9.17, 15) is 9.59 Å². The Labute approximate surface area is 156 Å². The lowest BCUT2D eigenvalue weighted by Crippen LogP contribution is -2.42. The minimum absolute atomic E-state index is 0.199. The van der Waals surface area contributed by atoms with Gasteiger partial charge in [-0.25, -0.2) is 9.78 Å². The molecule has 1 saturated carbocycles. The van der Waals surface area contributed by atoms with E-state index in [1.165, 1.54) is 11.3 Å². The van der Waals surface area contributed by atoms with E-state index < -0.39 is 0 Å². The molecule has 0 aromatic carbocycles. The van der Waals surface area contributed by atoms with E-state index in [1.807, 2.05) is 19.1 Å². The highest BCUT2D eigenvalue weighted by atomic mass is 32.1. The molecule has 3 rings (SSSR count). The van der Waals surface area contributed by atoms with E-state index in [-0.39, 0.29) is 24.0 Å². The predicted octanol–water partition coefficient (Wildman–Crippen LogP) is 3.37. The van der Waals surface area contributed by atoms with Gasteiger partial charge in [0.15, 0.2) is 5.13 Å². The van der Waals surface area contributed by atoms with Crippen molar-refractivity contribution in [2.45, 2.75) is 39.2 Å².